The Hall–Kier alpha value is -1.20. The van der Waals surface area contributed by atoms with E-state index >= 15 is 0 Å². The maximum Gasteiger partial charge on any atom is 0.0689 e. The zero-order chi connectivity index (χ0) is 11.8. The van der Waals surface area contributed by atoms with E-state index in [0.29, 0.717) is 0 Å². The third kappa shape index (κ3) is 3.75. The van der Waals surface area contributed by atoms with Crippen LogP contribution in [0.3, 0.4) is 0 Å². The van der Waals surface area contributed by atoms with E-state index in [9.17, 15) is 0 Å². The SMILES string of the molecule is C#CC(CCC)NCc1cccn1CCC. The summed E-state index contributed by atoms with van der Waals surface area (Å²) in [7, 11) is 0. The van der Waals surface area contributed by atoms with E-state index in [4.69, 9.17) is 6.42 Å². The molecule has 0 radical (unpaired) electrons. The lowest BCUT2D eigenvalue weighted by Gasteiger charge is -2.13. The number of nitrogens with one attached hydrogen (secondary N) is 1. The van der Waals surface area contributed by atoms with E-state index in [2.05, 4.69) is 48.0 Å². The Labute approximate surface area is 99.0 Å². The van der Waals surface area contributed by atoms with Gasteiger partial charge >= 0.3 is 0 Å². The fourth-order valence-electron chi connectivity index (χ4n) is 1.83. The molecule has 88 valence electrons. The Kier molecular flexibility index (Phi) is 5.74. The Bertz CT molecular complexity index is 333. The predicted octanol–water partition coefficient (Wildman–Crippen LogP) is 2.79. The first-order chi connectivity index (χ1) is 7.81. The van der Waals surface area contributed by atoms with Gasteiger partial charge in [0.25, 0.3) is 0 Å². The van der Waals surface area contributed by atoms with Crippen LogP contribution in [0.5, 0.6) is 0 Å². The van der Waals surface area contributed by atoms with Gasteiger partial charge in [-0.3, -0.25) is 5.32 Å². The van der Waals surface area contributed by atoms with Crippen LogP contribution >= 0.6 is 0 Å². The van der Waals surface area contributed by atoms with Crippen LogP contribution in [-0.2, 0) is 13.1 Å². The van der Waals surface area contributed by atoms with Gasteiger partial charge in [-0.2, -0.15) is 0 Å². The molecule has 2 heteroatoms. The van der Waals surface area contributed by atoms with Crippen LogP contribution in [0.4, 0.5) is 0 Å². The number of hydrogen-bond donors (Lipinski definition) is 1. The Balaban J connectivity index is 2.47. The molecule has 0 bridgehead atoms. The van der Waals surface area contributed by atoms with Gasteiger partial charge in [-0.1, -0.05) is 26.2 Å². The third-order valence-corrected chi connectivity index (χ3v) is 2.70. The fourth-order valence-corrected chi connectivity index (χ4v) is 1.83. The molecule has 1 heterocycles. The van der Waals surface area contributed by atoms with Gasteiger partial charge in [0.2, 0.25) is 0 Å². The topological polar surface area (TPSA) is 17.0 Å². The van der Waals surface area contributed by atoms with Crippen LogP contribution in [0.25, 0.3) is 0 Å². The van der Waals surface area contributed by atoms with Crippen molar-refractivity contribution in [1.29, 1.82) is 0 Å². The molecule has 0 aliphatic heterocycles. The van der Waals surface area contributed by atoms with Crippen molar-refractivity contribution >= 4 is 0 Å². The van der Waals surface area contributed by atoms with Crippen molar-refractivity contribution in [1.82, 2.24) is 9.88 Å². The quantitative estimate of drug-likeness (QED) is 0.696. The van der Waals surface area contributed by atoms with Crippen molar-refractivity contribution in [3.63, 3.8) is 0 Å². The molecular weight excluding hydrogens is 196 g/mol. The van der Waals surface area contributed by atoms with Gasteiger partial charge in [0, 0.05) is 25.0 Å². The zero-order valence-corrected chi connectivity index (χ0v) is 10.4. The van der Waals surface area contributed by atoms with Gasteiger partial charge in [0.15, 0.2) is 0 Å². The van der Waals surface area contributed by atoms with E-state index in [1.165, 1.54) is 5.69 Å². The highest BCUT2D eigenvalue weighted by atomic mass is 15.0. The maximum absolute atomic E-state index is 5.48. The molecule has 0 amide bonds. The summed E-state index contributed by atoms with van der Waals surface area (Å²) in [6.45, 7) is 6.30. The van der Waals surface area contributed by atoms with Gasteiger partial charge in [-0.25, -0.2) is 0 Å². The van der Waals surface area contributed by atoms with E-state index in [1.807, 2.05) is 0 Å². The van der Waals surface area contributed by atoms with Crippen molar-refractivity contribution in [3.05, 3.63) is 24.0 Å². The number of aromatic nitrogens is 1. The summed E-state index contributed by atoms with van der Waals surface area (Å²) >= 11 is 0. The molecule has 1 rings (SSSR count). The number of aryl methyl sites for hydroxylation is 1. The summed E-state index contributed by atoms with van der Waals surface area (Å²) in [6.07, 6.45) is 10.9. The third-order valence-electron chi connectivity index (χ3n) is 2.70. The number of rotatable bonds is 7. The second kappa shape index (κ2) is 7.14. The molecule has 0 aromatic carbocycles. The highest BCUT2D eigenvalue weighted by Gasteiger charge is 2.04. The molecular formula is C14H22N2. The first kappa shape index (κ1) is 12.9. The average molecular weight is 218 g/mol. The highest BCUT2D eigenvalue weighted by molar-refractivity contribution is 5.08. The van der Waals surface area contributed by atoms with E-state index in [-0.39, 0.29) is 6.04 Å². The van der Waals surface area contributed by atoms with Crippen LogP contribution in [0, 0.1) is 12.3 Å². The second-order valence-electron chi connectivity index (χ2n) is 4.08. The zero-order valence-electron chi connectivity index (χ0n) is 10.4. The van der Waals surface area contributed by atoms with Gasteiger partial charge in [-0.15, -0.1) is 6.42 Å². The number of hydrogen-bond acceptors (Lipinski definition) is 1. The Morgan fingerprint density at radius 3 is 2.88 bits per heavy atom. The summed E-state index contributed by atoms with van der Waals surface area (Å²) < 4.78 is 2.28. The van der Waals surface area contributed by atoms with Crippen molar-refractivity contribution in [2.75, 3.05) is 0 Å². The lowest BCUT2D eigenvalue weighted by molar-refractivity contribution is 0.537. The molecule has 0 saturated heterocycles. The van der Waals surface area contributed by atoms with Gasteiger partial charge in [0.05, 0.1) is 6.04 Å². The summed E-state index contributed by atoms with van der Waals surface area (Å²) in [4.78, 5) is 0. The van der Waals surface area contributed by atoms with E-state index in [1.54, 1.807) is 0 Å². The lowest BCUT2D eigenvalue weighted by Crippen LogP contribution is -2.27. The molecule has 1 aromatic rings. The van der Waals surface area contributed by atoms with Gasteiger partial charge in [0.1, 0.15) is 0 Å². The normalized spacial score (nSPS) is 12.3. The lowest BCUT2D eigenvalue weighted by atomic mass is 10.2. The molecule has 2 nitrogen and oxygen atoms in total. The highest BCUT2D eigenvalue weighted by Crippen LogP contribution is 2.04. The molecule has 0 spiro atoms. The minimum Gasteiger partial charge on any atom is -0.350 e. The van der Waals surface area contributed by atoms with E-state index in [0.717, 1.165) is 32.4 Å². The number of terminal acetylenes is 1. The fraction of sp³-hybridized carbons (Fsp3) is 0.571. The van der Waals surface area contributed by atoms with Crippen LogP contribution in [0.1, 0.15) is 38.8 Å². The van der Waals surface area contributed by atoms with Crippen molar-refractivity contribution in [2.45, 2.75) is 52.2 Å². The standard InChI is InChI=1S/C14H22N2/c1-4-8-13(6-3)15-12-14-9-7-11-16(14)10-5-2/h3,7,9,11,13,15H,4-5,8,10,12H2,1-2H3. The molecule has 1 unspecified atom stereocenters. The Morgan fingerprint density at radius 1 is 1.44 bits per heavy atom. The molecule has 1 atom stereocenters. The molecule has 0 aliphatic carbocycles. The average Bonchev–Trinajstić information content (AvgIpc) is 2.72. The number of nitrogens with zero attached hydrogens (tertiary/aromatic N) is 1. The van der Waals surface area contributed by atoms with Crippen LogP contribution < -0.4 is 5.32 Å². The summed E-state index contributed by atoms with van der Waals surface area (Å²) in [5.74, 6) is 2.80. The molecule has 1 N–H and O–H groups in total. The smallest absolute Gasteiger partial charge is 0.0689 e. The van der Waals surface area contributed by atoms with Gasteiger partial charge in [-0.05, 0) is 25.0 Å². The molecule has 16 heavy (non-hydrogen) atoms. The minimum absolute atomic E-state index is 0.204. The van der Waals surface area contributed by atoms with Crippen LogP contribution in [0.15, 0.2) is 18.3 Å². The largest absolute Gasteiger partial charge is 0.350 e. The Morgan fingerprint density at radius 2 is 2.25 bits per heavy atom. The summed E-state index contributed by atoms with van der Waals surface area (Å²) in [5, 5.41) is 3.41. The second-order valence-corrected chi connectivity index (χ2v) is 4.08. The van der Waals surface area contributed by atoms with E-state index < -0.39 is 0 Å². The van der Waals surface area contributed by atoms with Crippen LogP contribution in [0.2, 0.25) is 0 Å². The molecule has 0 saturated carbocycles. The molecule has 1 aromatic heterocycles. The monoisotopic (exact) mass is 218 g/mol. The first-order valence-corrected chi connectivity index (χ1v) is 6.15. The molecule has 0 fully saturated rings. The minimum atomic E-state index is 0.204. The van der Waals surface area contributed by atoms with Crippen molar-refractivity contribution < 1.29 is 0 Å². The van der Waals surface area contributed by atoms with Gasteiger partial charge < -0.3 is 4.57 Å². The van der Waals surface area contributed by atoms with Crippen LogP contribution in [-0.4, -0.2) is 10.6 Å². The van der Waals surface area contributed by atoms with Crippen molar-refractivity contribution in [3.8, 4) is 12.3 Å². The van der Waals surface area contributed by atoms with Crippen molar-refractivity contribution in [2.24, 2.45) is 0 Å². The maximum atomic E-state index is 5.48. The summed E-state index contributed by atoms with van der Waals surface area (Å²) in [5.41, 5.74) is 1.32. The summed E-state index contributed by atoms with van der Waals surface area (Å²) in [6, 6.07) is 4.45. The molecule has 0 aliphatic rings. The first-order valence-electron chi connectivity index (χ1n) is 6.15. The predicted molar refractivity (Wildman–Crippen MR) is 69.1 cm³/mol.